The van der Waals surface area contributed by atoms with Gasteiger partial charge in [0.2, 0.25) is 0 Å². The summed E-state index contributed by atoms with van der Waals surface area (Å²) in [6.07, 6.45) is 3.38. The first-order valence-corrected chi connectivity index (χ1v) is 5.61. The van der Waals surface area contributed by atoms with E-state index in [4.69, 9.17) is 0 Å². The highest BCUT2D eigenvalue weighted by Crippen LogP contribution is 2.45. The van der Waals surface area contributed by atoms with Crippen LogP contribution in [-0.4, -0.2) is 18.2 Å². The Bertz CT molecular complexity index is 464. The third-order valence-corrected chi connectivity index (χ3v) is 3.34. The summed E-state index contributed by atoms with van der Waals surface area (Å²) in [5.74, 6) is -0.370. The molecule has 1 aromatic rings. The van der Waals surface area contributed by atoms with Crippen LogP contribution in [0.15, 0.2) is 36.4 Å². The van der Waals surface area contributed by atoms with Gasteiger partial charge in [0, 0.05) is 11.5 Å². The van der Waals surface area contributed by atoms with Crippen LogP contribution in [-0.2, 0) is 14.9 Å². The highest BCUT2D eigenvalue weighted by atomic mass is 16.5. The van der Waals surface area contributed by atoms with Gasteiger partial charge in [-0.2, -0.15) is 0 Å². The number of rotatable bonds is 2. The molecule has 0 amide bonds. The molecule has 1 N–H and O–H groups in total. The standard InChI is InChI=1S/C14H16O3/c1-14(8-7-13(16)17-2)9-12(15)10-5-3-4-6-11(10)14/h3-8,12,15H,9H2,1-2H3/b8-7+/t12-,14+/m1/s1. The van der Waals surface area contributed by atoms with Gasteiger partial charge < -0.3 is 9.84 Å². The summed E-state index contributed by atoms with van der Waals surface area (Å²) in [5, 5.41) is 9.99. The van der Waals surface area contributed by atoms with E-state index < -0.39 is 6.10 Å². The maximum Gasteiger partial charge on any atom is 0.330 e. The predicted octanol–water partition coefficient (Wildman–Crippen LogP) is 2.11. The predicted molar refractivity (Wildman–Crippen MR) is 64.5 cm³/mol. The first-order valence-electron chi connectivity index (χ1n) is 5.61. The summed E-state index contributed by atoms with van der Waals surface area (Å²) in [6.45, 7) is 2.02. The maximum atomic E-state index is 11.1. The number of aliphatic hydroxyl groups is 1. The minimum atomic E-state index is -0.460. The number of carbonyl (C=O) groups excluding carboxylic acids is 1. The van der Waals surface area contributed by atoms with E-state index >= 15 is 0 Å². The van der Waals surface area contributed by atoms with E-state index in [9.17, 15) is 9.90 Å². The topological polar surface area (TPSA) is 46.5 Å². The molecule has 1 aromatic carbocycles. The molecule has 0 radical (unpaired) electrons. The maximum absolute atomic E-state index is 11.1. The van der Waals surface area contributed by atoms with E-state index in [-0.39, 0.29) is 11.4 Å². The van der Waals surface area contributed by atoms with E-state index in [1.165, 1.54) is 13.2 Å². The molecule has 0 saturated carbocycles. The van der Waals surface area contributed by atoms with E-state index in [1.54, 1.807) is 0 Å². The molecule has 2 atom stereocenters. The van der Waals surface area contributed by atoms with Crippen molar-refractivity contribution in [3.8, 4) is 0 Å². The molecule has 0 aromatic heterocycles. The summed E-state index contributed by atoms with van der Waals surface area (Å²) in [6, 6.07) is 7.78. The van der Waals surface area contributed by atoms with Crippen LogP contribution in [0.2, 0.25) is 0 Å². The van der Waals surface area contributed by atoms with Crippen LogP contribution >= 0.6 is 0 Å². The Balaban J connectivity index is 2.35. The second-order valence-corrected chi connectivity index (χ2v) is 4.58. The first-order chi connectivity index (χ1) is 8.07. The largest absolute Gasteiger partial charge is 0.466 e. The fraction of sp³-hybridized carbons (Fsp3) is 0.357. The summed E-state index contributed by atoms with van der Waals surface area (Å²) >= 11 is 0. The molecule has 1 aliphatic carbocycles. The fourth-order valence-electron chi connectivity index (χ4n) is 2.41. The zero-order valence-electron chi connectivity index (χ0n) is 10.0. The van der Waals surface area contributed by atoms with Gasteiger partial charge in [0.1, 0.15) is 0 Å². The second kappa shape index (κ2) is 4.34. The summed E-state index contributed by atoms with van der Waals surface area (Å²) in [7, 11) is 1.35. The Hall–Kier alpha value is -1.61. The Morgan fingerprint density at radius 3 is 2.94 bits per heavy atom. The van der Waals surface area contributed by atoms with Crippen molar-refractivity contribution < 1.29 is 14.6 Å². The third kappa shape index (κ3) is 2.11. The molecule has 0 saturated heterocycles. The van der Waals surface area contributed by atoms with Crippen LogP contribution in [0, 0.1) is 0 Å². The van der Waals surface area contributed by atoms with E-state index in [2.05, 4.69) is 4.74 Å². The van der Waals surface area contributed by atoms with Crippen molar-refractivity contribution in [3.63, 3.8) is 0 Å². The average Bonchev–Trinajstić information content (AvgIpc) is 2.60. The van der Waals surface area contributed by atoms with Gasteiger partial charge >= 0.3 is 5.97 Å². The number of benzene rings is 1. The van der Waals surface area contributed by atoms with Gasteiger partial charge in [0.15, 0.2) is 0 Å². The first kappa shape index (κ1) is 11.9. The Morgan fingerprint density at radius 2 is 2.24 bits per heavy atom. The molecule has 3 nitrogen and oxygen atoms in total. The van der Waals surface area contributed by atoms with Crippen LogP contribution in [0.3, 0.4) is 0 Å². The highest BCUT2D eigenvalue weighted by molar-refractivity contribution is 5.82. The smallest absolute Gasteiger partial charge is 0.330 e. The average molecular weight is 232 g/mol. The molecule has 0 heterocycles. The fourth-order valence-corrected chi connectivity index (χ4v) is 2.41. The molecule has 90 valence electrons. The monoisotopic (exact) mass is 232 g/mol. The Labute approximate surface area is 101 Å². The van der Waals surface area contributed by atoms with Crippen LogP contribution in [0.25, 0.3) is 0 Å². The second-order valence-electron chi connectivity index (χ2n) is 4.58. The molecular formula is C14H16O3. The molecule has 0 fully saturated rings. The molecule has 0 unspecified atom stereocenters. The third-order valence-electron chi connectivity index (χ3n) is 3.34. The Morgan fingerprint density at radius 1 is 1.53 bits per heavy atom. The minimum absolute atomic E-state index is 0.301. The van der Waals surface area contributed by atoms with Crippen molar-refractivity contribution >= 4 is 5.97 Å². The zero-order chi connectivity index (χ0) is 12.5. The highest BCUT2D eigenvalue weighted by Gasteiger charge is 2.37. The van der Waals surface area contributed by atoms with Gasteiger partial charge in [-0.05, 0) is 17.5 Å². The minimum Gasteiger partial charge on any atom is -0.466 e. The van der Waals surface area contributed by atoms with Crippen LogP contribution in [0.5, 0.6) is 0 Å². The van der Waals surface area contributed by atoms with Gasteiger partial charge in [-0.3, -0.25) is 0 Å². The molecule has 0 aliphatic heterocycles. The van der Waals surface area contributed by atoms with Crippen molar-refractivity contribution in [2.75, 3.05) is 7.11 Å². The van der Waals surface area contributed by atoms with Gasteiger partial charge in [0.25, 0.3) is 0 Å². The quantitative estimate of drug-likeness (QED) is 0.627. The number of hydrogen-bond donors (Lipinski definition) is 1. The van der Waals surface area contributed by atoms with Gasteiger partial charge in [-0.1, -0.05) is 37.3 Å². The zero-order valence-corrected chi connectivity index (χ0v) is 10.0. The van der Waals surface area contributed by atoms with Crippen LogP contribution in [0.1, 0.15) is 30.6 Å². The molecule has 2 rings (SSSR count). The summed E-state index contributed by atoms with van der Waals surface area (Å²) in [4.78, 5) is 11.1. The summed E-state index contributed by atoms with van der Waals surface area (Å²) < 4.78 is 4.58. The molecular weight excluding hydrogens is 216 g/mol. The van der Waals surface area contributed by atoms with Crippen LogP contribution in [0.4, 0.5) is 0 Å². The van der Waals surface area contributed by atoms with E-state index in [0.717, 1.165) is 11.1 Å². The number of fused-ring (bicyclic) bond motifs is 1. The van der Waals surface area contributed by atoms with Crippen molar-refractivity contribution in [1.29, 1.82) is 0 Å². The number of hydrogen-bond acceptors (Lipinski definition) is 3. The number of aliphatic hydroxyl groups excluding tert-OH is 1. The van der Waals surface area contributed by atoms with Gasteiger partial charge in [-0.25, -0.2) is 4.79 Å². The lowest BCUT2D eigenvalue weighted by atomic mass is 9.83. The molecule has 1 aliphatic rings. The number of methoxy groups -OCH3 is 1. The van der Waals surface area contributed by atoms with Crippen molar-refractivity contribution in [2.45, 2.75) is 24.9 Å². The lowest BCUT2D eigenvalue weighted by Gasteiger charge is -2.20. The van der Waals surface area contributed by atoms with Gasteiger partial charge in [-0.15, -0.1) is 0 Å². The number of ether oxygens (including phenoxy) is 1. The molecule has 17 heavy (non-hydrogen) atoms. The van der Waals surface area contributed by atoms with Crippen molar-refractivity contribution in [2.24, 2.45) is 0 Å². The van der Waals surface area contributed by atoms with Gasteiger partial charge in [0.05, 0.1) is 13.2 Å². The lowest BCUT2D eigenvalue weighted by Crippen LogP contribution is -2.15. The number of carbonyl (C=O) groups is 1. The molecule has 0 spiro atoms. The summed E-state index contributed by atoms with van der Waals surface area (Å²) in [5.41, 5.74) is 1.72. The van der Waals surface area contributed by atoms with E-state index in [0.29, 0.717) is 6.42 Å². The van der Waals surface area contributed by atoms with Crippen LogP contribution < -0.4 is 0 Å². The van der Waals surface area contributed by atoms with Crippen molar-refractivity contribution in [3.05, 3.63) is 47.5 Å². The Kier molecular flexibility index (Phi) is 3.03. The molecule has 3 heteroatoms. The number of allylic oxidation sites excluding steroid dienone is 1. The lowest BCUT2D eigenvalue weighted by molar-refractivity contribution is -0.134. The normalized spacial score (nSPS) is 27.1. The SMILES string of the molecule is COC(=O)/C=C/[C@@]1(C)C[C@@H](O)c2ccccc21. The number of esters is 1. The van der Waals surface area contributed by atoms with Crippen molar-refractivity contribution in [1.82, 2.24) is 0 Å². The molecule has 0 bridgehead atoms. The van der Waals surface area contributed by atoms with E-state index in [1.807, 2.05) is 37.3 Å².